The third-order valence-electron chi connectivity index (χ3n) is 3.10. The molecule has 0 bridgehead atoms. The van der Waals surface area contributed by atoms with Crippen LogP contribution in [0.5, 0.6) is 5.75 Å². The van der Waals surface area contributed by atoms with Gasteiger partial charge < -0.3 is 20.7 Å². The minimum atomic E-state index is -0.719. The van der Waals surface area contributed by atoms with E-state index in [0.717, 1.165) is 5.56 Å². The van der Waals surface area contributed by atoms with Crippen molar-refractivity contribution in [3.8, 4) is 5.75 Å². The minimum absolute atomic E-state index is 0.144. The van der Waals surface area contributed by atoms with Crippen molar-refractivity contribution in [2.24, 2.45) is 5.73 Å². The third kappa shape index (κ3) is 3.57. The summed E-state index contributed by atoms with van der Waals surface area (Å²) in [5, 5.41) is 19.1. The zero-order valence-corrected chi connectivity index (χ0v) is 11.2. The van der Waals surface area contributed by atoms with Crippen LogP contribution in [-0.4, -0.2) is 16.8 Å². The summed E-state index contributed by atoms with van der Waals surface area (Å²) in [5.41, 5.74) is 7.81. The summed E-state index contributed by atoms with van der Waals surface area (Å²) in [4.78, 5) is 0. The Labute approximate surface area is 118 Å². The maximum absolute atomic E-state index is 9.70. The topological polar surface area (TPSA) is 75.7 Å². The molecule has 0 spiro atoms. The first-order valence-electron chi connectivity index (χ1n) is 6.53. The number of hydrogen-bond donors (Lipinski definition) is 3. The zero-order valence-electron chi connectivity index (χ0n) is 11.2. The van der Waals surface area contributed by atoms with Crippen molar-refractivity contribution in [1.29, 1.82) is 0 Å². The molecule has 1 atom stereocenters. The molecule has 0 saturated heterocycles. The predicted octanol–water partition coefficient (Wildman–Crippen LogP) is 1.75. The molecule has 20 heavy (non-hydrogen) atoms. The van der Waals surface area contributed by atoms with Crippen LogP contribution in [0.4, 0.5) is 0 Å². The van der Waals surface area contributed by atoms with Crippen molar-refractivity contribution in [2.45, 2.75) is 19.3 Å². The fourth-order valence-corrected chi connectivity index (χ4v) is 1.94. The number of benzene rings is 2. The van der Waals surface area contributed by atoms with E-state index in [-0.39, 0.29) is 13.2 Å². The molecular formula is C16H19NO3. The van der Waals surface area contributed by atoms with Crippen molar-refractivity contribution >= 4 is 0 Å². The number of ether oxygens (including phenoxy) is 1. The molecule has 0 saturated carbocycles. The third-order valence-corrected chi connectivity index (χ3v) is 3.10. The molecule has 0 fully saturated rings. The highest BCUT2D eigenvalue weighted by atomic mass is 16.5. The Morgan fingerprint density at radius 2 is 1.85 bits per heavy atom. The summed E-state index contributed by atoms with van der Waals surface area (Å²) < 4.78 is 5.71. The lowest BCUT2D eigenvalue weighted by atomic mass is 10.1. The van der Waals surface area contributed by atoms with Crippen LogP contribution in [0.3, 0.4) is 0 Å². The molecule has 2 rings (SSSR count). The van der Waals surface area contributed by atoms with Gasteiger partial charge in [0.15, 0.2) is 0 Å². The van der Waals surface area contributed by atoms with Crippen molar-refractivity contribution in [3.05, 3.63) is 65.2 Å². The Morgan fingerprint density at radius 1 is 1.10 bits per heavy atom. The molecular weight excluding hydrogens is 254 g/mol. The van der Waals surface area contributed by atoms with Crippen LogP contribution in [-0.2, 0) is 13.2 Å². The van der Waals surface area contributed by atoms with Gasteiger partial charge in [-0.1, -0.05) is 36.4 Å². The van der Waals surface area contributed by atoms with E-state index < -0.39 is 6.10 Å². The SMILES string of the molecule is NC[C@H](O)c1ccc(OCc2ccccc2)c(CO)c1. The normalized spacial score (nSPS) is 12.2. The Morgan fingerprint density at radius 3 is 2.50 bits per heavy atom. The van der Waals surface area contributed by atoms with Gasteiger partial charge in [0.1, 0.15) is 12.4 Å². The van der Waals surface area contributed by atoms with E-state index in [1.807, 2.05) is 30.3 Å². The van der Waals surface area contributed by atoms with Crippen molar-refractivity contribution in [2.75, 3.05) is 6.54 Å². The van der Waals surface area contributed by atoms with Crippen LogP contribution in [0.25, 0.3) is 0 Å². The Balaban J connectivity index is 2.11. The number of aliphatic hydroxyl groups is 2. The monoisotopic (exact) mass is 273 g/mol. The fourth-order valence-electron chi connectivity index (χ4n) is 1.94. The first kappa shape index (κ1) is 14.5. The summed E-state index contributed by atoms with van der Waals surface area (Å²) >= 11 is 0. The van der Waals surface area contributed by atoms with Gasteiger partial charge in [0.05, 0.1) is 12.7 Å². The van der Waals surface area contributed by atoms with Gasteiger partial charge in [-0.2, -0.15) is 0 Å². The lowest BCUT2D eigenvalue weighted by molar-refractivity contribution is 0.186. The Bertz CT molecular complexity index is 543. The molecule has 0 aliphatic heterocycles. The minimum Gasteiger partial charge on any atom is -0.489 e. The summed E-state index contributed by atoms with van der Waals surface area (Å²) in [6, 6.07) is 15.0. The molecule has 0 heterocycles. The zero-order chi connectivity index (χ0) is 14.4. The Kier molecular flexibility index (Phi) is 5.12. The average molecular weight is 273 g/mol. The standard InChI is InChI=1S/C16H19NO3/c17-9-15(19)13-6-7-16(14(8-13)10-18)20-11-12-4-2-1-3-5-12/h1-8,15,18-19H,9-11,17H2/t15-/m0/s1. The molecule has 4 nitrogen and oxygen atoms in total. The quantitative estimate of drug-likeness (QED) is 0.749. The van der Waals surface area contributed by atoms with Gasteiger partial charge in [-0.25, -0.2) is 0 Å². The van der Waals surface area contributed by atoms with Crippen molar-refractivity contribution in [1.82, 2.24) is 0 Å². The van der Waals surface area contributed by atoms with E-state index >= 15 is 0 Å². The van der Waals surface area contributed by atoms with E-state index in [1.165, 1.54) is 0 Å². The molecule has 2 aromatic rings. The fraction of sp³-hybridized carbons (Fsp3) is 0.250. The van der Waals surface area contributed by atoms with Gasteiger partial charge in [0, 0.05) is 12.1 Å². The first-order chi connectivity index (χ1) is 9.74. The lowest BCUT2D eigenvalue weighted by Gasteiger charge is -2.14. The summed E-state index contributed by atoms with van der Waals surface area (Å²) in [6.07, 6.45) is -0.719. The molecule has 4 heteroatoms. The van der Waals surface area contributed by atoms with Gasteiger partial charge >= 0.3 is 0 Å². The lowest BCUT2D eigenvalue weighted by Crippen LogP contribution is -2.12. The molecule has 2 aromatic carbocycles. The van der Waals surface area contributed by atoms with Crippen molar-refractivity contribution < 1.29 is 14.9 Å². The maximum atomic E-state index is 9.70. The van der Waals surface area contributed by atoms with Crippen LogP contribution < -0.4 is 10.5 Å². The van der Waals surface area contributed by atoms with Gasteiger partial charge in [-0.15, -0.1) is 0 Å². The second-order valence-electron chi connectivity index (χ2n) is 4.55. The van der Waals surface area contributed by atoms with Crippen LogP contribution in [0, 0.1) is 0 Å². The number of aliphatic hydroxyl groups excluding tert-OH is 2. The van der Waals surface area contributed by atoms with Crippen LogP contribution >= 0.6 is 0 Å². The molecule has 0 aromatic heterocycles. The Hall–Kier alpha value is -1.88. The van der Waals surface area contributed by atoms with Gasteiger partial charge in [-0.3, -0.25) is 0 Å². The summed E-state index contributed by atoms with van der Waals surface area (Å²) in [6.45, 7) is 0.441. The average Bonchev–Trinajstić information content (AvgIpc) is 2.53. The molecule has 0 radical (unpaired) electrons. The van der Waals surface area contributed by atoms with Gasteiger partial charge in [0.2, 0.25) is 0 Å². The highest BCUT2D eigenvalue weighted by Gasteiger charge is 2.10. The molecule has 0 aliphatic carbocycles. The van der Waals surface area contributed by atoms with E-state index in [2.05, 4.69) is 0 Å². The van der Waals surface area contributed by atoms with Crippen LogP contribution in [0.2, 0.25) is 0 Å². The largest absolute Gasteiger partial charge is 0.489 e. The molecule has 4 N–H and O–H groups in total. The highest BCUT2D eigenvalue weighted by Crippen LogP contribution is 2.24. The smallest absolute Gasteiger partial charge is 0.125 e. The van der Waals surface area contributed by atoms with Crippen LogP contribution in [0.1, 0.15) is 22.8 Å². The molecule has 0 unspecified atom stereocenters. The van der Waals surface area contributed by atoms with Crippen LogP contribution in [0.15, 0.2) is 48.5 Å². The van der Waals surface area contributed by atoms with E-state index in [9.17, 15) is 10.2 Å². The van der Waals surface area contributed by atoms with E-state index in [0.29, 0.717) is 23.5 Å². The number of rotatable bonds is 6. The first-order valence-corrected chi connectivity index (χ1v) is 6.53. The second kappa shape index (κ2) is 7.05. The maximum Gasteiger partial charge on any atom is 0.125 e. The number of nitrogens with two attached hydrogens (primary N) is 1. The second-order valence-corrected chi connectivity index (χ2v) is 4.55. The van der Waals surface area contributed by atoms with E-state index in [4.69, 9.17) is 10.5 Å². The predicted molar refractivity (Wildman–Crippen MR) is 77.2 cm³/mol. The van der Waals surface area contributed by atoms with Crippen molar-refractivity contribution in [3.63, 3.8) is 0 Å². The number of hydrogen-bond acceptors (Lipinski definition) is 4. The van der Waals surface area contributed by atoms with Gasteiger partial charge in [0.25, 0.3) is 0 Å². The molecule has 106 valence electrons. The molecule has 0 aliphatic rings. The summed E-state index contributed by atoms with van der Waals surface area (Å²) in [5.74, 6) is 0.615. The highest BCUT2D eigenvalue weighted by molar-refractivity contribution is 5.38. The van der Waals surface area contributed by atoms with Gasteiger partial charge in [-0.05, 0) is 23.3 Å². The van der Waals surface area contributed by atoms with E-state index in [1.54, 1.807) is 18.2 Å². The summed E-state index contributed by atoms with van der Waals surface area (Å²) in [7, 11) is 0. The molecule has 0 amide bonds.